The maximum Gasteiger partial charge on any atom is 0.123 e. The smallest absolute Gasteiger partial charge is 0.123 e. The summed E-state index contributed by atoms with van der Waals surface area (Å²) in [7, 11) is 0. The summed E-state index contributed by atoms with van der Waals surface area (Å²) < 4.78 is 13.0. The number of hydrogen-bond donors (Lipinski definition) is 1. The summed E-state index contributed by atoms with van der Waals surface area (Å²) in [6.45, 7) is 10.6. The number of aryl methyl sites for hydroxylation is 1. The maximum atomic E-state index is 13.0. The van der Waals surface area contributed by atoms with Crippen LogP contribution >= 0.6 is 0 Å². The monoisotopic (exact) mass is 252 g/mol. The van der Waals surface area contributed by atoms with Crippen molar-refractivity contribution in [2.75, 3.05) is 0 Å². The Labute approximate surface area is 110 Å². The first-order chi connectivity index (χ1) is 8.19. The number of aliphatic hydroxyl groups excluding tert-OH is 1. The minimum absolute atomic E-state index is 0.244. The number of hydrogen-bond acceptors (Lipinski definition) is 1. The molecule has 0 aliphatic rings. The van der Waals surface area contributed by atoms with E-state index in [-0.39, 0.29) is 11.2 Å². The van der Waals surface area contributed by atoms with E-state index in [1.165, 1.54) is 12.1 Å². The summed E-state index contributed by atoms with van der Waals surface area (Å²) in [5, 5.41) is 10.2. The number of halogens is 1. The van der Waals surface area contributed by atoms with Gasteiger partial charge in [0.15, 0.2) is 0 Å². The standard InChI is InChI=1S/C16H25FO/c1-11(10-16(3,4)5)8-15(18)14-7-6-13(17)9-12(14)2/h6-7,9,11,15,18H,8,10H2,1-5H3. The molecule has 0 aromatic heterocycles. The van der Waals surface area contributed by atoms with Crippen molar-refractivity contribution >= 4 is 0 Å². The number of aliphatic hydroxyl groups is 1. The highest BCUT2D eigenvalue weighted by atomic mass is 19.1. The Morgan fingerprint density at radius 2 is 1.89 bits per heavy atom. The van der Waals surface area contributed by atoms with Crippen LogP contribution in [0.1, 0.15) is 57.8 Å². The average Bonchev–Trinajstić information content (AvgIpc) is 2.13. The van der Waals surface area contributed by atoms with Crippen molar-refractivity contribution in [2.45, 2.75) is 53.6 Å². The van der Waals surface area contributed by atoms with E-state index in [0.717, 1.165) is 24.0 Å². The predicted octanol–water partition coefficient (Wildman–Crippen LogP) is 4.63. The molecule has 0 spiro atoms. The highest BCUT2D eigenvalue weighted by Crippen LogP contribution is 2.31. The van der Waals surface area contributed by atoms with Gasteiger partial charge in [0, 0.05) is 0 Å². The van der Waals surface area contributed by atoms with Gasteiger partial charge in [0.05, 0.1) is 6.10 Å². The van der Waals surface area contributed by atoms with Crippen LogP contribution in [-0.2, 0) is 0 Å². The van der Waals surface area contributed by atoms with E-state index in [4.69, 9.17) is 0 Å². The Morgan fingerprint density at radius 3 is 2.39 bits per heavy atom. The quantitative estimate of drug-likeness (QED) is 0.828. The van der Waals surface area contributed by atoms with Crippen molar-refractivity contribution in [3.63, 3.8) is 0 Å². The second kappa shape index (κ2) is 5.83. The predicted molar refractivity (Wildman–Crippen MR) is 73.9 cm³/mol. The van der Waals surface area contributed by atoms with E-state index >= 15 is 0 Å². The fourth-order valence-corrected chi connectivity index (χ4v) is 2.65. The van der Waals surface area contributed by atoms with E-state index in [0.29, 0.717) is 5.92 Å². The van der Waals surface area contributed by atoms with E-state index in [9.17, 15) is 9.50 Å². The van der Waals surface area contributed by atoms with Crippen molar-refractivity contribution in [1.82, 2.24) is 0 Å². The van der Waals surface area contributed by atoms with E-state index in [1.807, 2.05) is 6.92 Å². The van der Waals surface area contributed by atoms with Crippen molar-refractivity contribution in [3.8, 4) is 0 Å². The fourth-order valence-electron chi connectivity index (χ4n) is 2.65. The Hall–Kier alpha value is -0.890. The second-order valence-electron chi connectivity index (χ2n) is 6.62. The Balaban J connectivity index is 2.67. The molecule has 1 nitrogen and oxygen atoms in total. The van der Waals surface area contributed by atoms with Crippen LogP contribution in [-0.4, -0.2) is 5.11 Å². The third-order valence-corrected chi connectivity index (χ3v) is 3.18. The zero-order valence-electron chi connectivity index (χ0n) is 12.1. The second-order valence-corrected chi connectivity index (χ2v) is 6.62. The Bertz CT molecular complexity index is 393. The van der Waals surface area contributed by atoms with Crippen LogP contribution in [0.5, 0.6) is 0 Å². The fraction of sp³-hybridized carbons (Fsp3) is 0.625. The first-order valence-corrected chi connectivity index (χ1v) is 6.63. The lowest BCUT2D eigenvalue weighted by Crippen LogP contribution is -2.14. The molecule has 0 heterocycles. The molecule has 0 amide bonds. The molecule has 1 aromatic rings. The summed E-state index contributed by atoms with van der Waals surface area (Å²) in [6.07, 6.45) is 1.30. The van der Waals surface area contributed by atoms with Gasteiger partial charge in [-0.15, -0.1) is 0 Å². The highest BCUT2D eigenvalue weighted by molar-refractivity contribution is 5.28. The Morgan fingerprint density at radius 1 is 1.28 bits per heavy atom. The van der Waals surface area contributed by atoms with Gasteiger partial charge >= 0.3 is 0 Å². The molecule has 0 aliphatic heterocycles. The average molecular weight is 252 g/mol. The van der Waals surface area contributed by atoms with Gasteiger partial charge in [-0.1, -0.05) is 33.8 Å². The molecular weight excluding hydrogens is 227 g/mol. The molecule has 102 valence electrons. The molecule has 1 aromatic carbocycles. The third-order valence-electron chi connectivity index (χ3n) is 3.18. The molecule has 0 bridgehead atoms. The molecule has 0 fully saturated rings. The largest absolute Gasteiger partial charge is 0.388 e. The lowest BCUT2D eigenvalue weighted by atomic mass is 9.82. The van der Waals surface area contributed by atoms with Crippen LogP contribution in [0.15, 0.2) is 18.2 Å². The van der Waals surface area contributed by atoms with Gasteiger partial charge in [0.1, 0.15) is 5.82 Å². The van der Waals surface area contributed by atoms with Crippen LogP contribution in [0.3, 0.4) is 0 Å². The SMILES string of the molecule is Cc1cc(F)ccc1C(O)CC(C)CC(C)(C)C. The highest BCUT2D eigenvalue weighted by Gasteiger charge is 2.19. The zero-order chi connectivity index (χ0) is 13.9. The summed E-state index contributed by atoms with van der Waals surface area (Å²) in [6, 6.07) is 4.59. The van der Waals surface area contributed by atoms with Gasteiger partial charge in [-0.2, -0.15) is 0 Å². The molecule has 2 heteroatoms. The zero-order valence-corrected chi connectivity index (χ0v) is 12.1. The lowest BCUT2D eigenvalue weighted by Gasteiger charge is -2.25. The van der Waals surface area contributed by atoms with Crippen LogP contribution in [0.4, 0.5) is 4.39 Å². The first-order valence-electron chi connectivity index (χ1n) is 6.63. The molecule has 0 saturated carbocycles. The molecular formula is C16H25FO. The van der Waals surface area contributed by atoms with Crippen LogP contribution in [0.25, 0.3) is 0 Å². The minimum Gasteiger partial charge on any atom is -0.388 e. The van der Waals surface area contributed by atoms with Gasteiger partial charge in [-0.25, -0.2) is 4.39 Å². The molecule has 1 N–H and O–H groups in total. The van der Waals surface area contributed by atoms with Gasteiger partial charge in [0.2, 0.25) is 0 Å². The summed E-state index contributed by atoms with van der Waals surface area (Å²) in [5.74, 6) is 0.204. The van der Waals surface area contributed by atoms with Gasteiger partial charge in [-0.05, 0) is 54.4 Å². The number of rotatable bonds is 4. The molecule has 1 rings (SSSR count). The van der Waals surface area contributed by atoms with E-state index in [1.54, 1.807) is 6.07 Å². The van der Waals surface area contributed by atoms with Crippen molar-refractivity contribution in [1.29, 1.82) is 0 Å². The maximum absolute atomic E-state index is 13.0. The summed E-state index contributed by atoms with van der Waals surface area (Å²) >= 11 is 0. The first kappa shape index (κ1) is 15.2. The van der Waals surface area contributed by atoms with Crippen LogP contribution in [0.2, 0.25) is 0 Å². The van der Waals surface area contributed by atoms with Crippen LogP contribution in [0, 0.1) is 24.1 Å². The van der Waals surface area contributed by atoms with Gasteiger partial charge in [-0.3, -0.25) is 0 Å². The van der Waals surface area contributed by atoms with Crippen molar-refractivity contribution in [3.05, 3.63) is 35.1 Å². The van der Waals surface area contributed by atoms with E-state index < -0.39 is 6.10 Å². The lowest BCUT2D eigenvalue weighted by molar-refractivity contribution is 0.133. The Kier molecular flexibility index (Phi) is 4.92. The molecule has 0 aliphatic carbocycles. The third kappa shape index (κ3) is 4.77. The van der Waals surface area contributed by atoms with Gasteiger partial charge < -0.3 is 5.11 Å². The minimum atomic E-state index is -0.497. The van der Waals surface area contributed by atoms with Crippen molar-refractivity contribution < 1.29 is 9.50 Å². The van der Waals surface area contributed by atoms with E-state index in [2.05, 4.69) is 27.7 Å². The van der Waals surface area contributed by atoms with Crippen LogP contribution < -0.4 is 0 Å². The summed E-state index contributed by atoms with van der Waals surface area (Å²) in [5.41, 5.74) is 1.94. The molecule has 18 heavy (non-hydrogen) atoms. The van der Waals surface area contributed by atoms with Crippen molar-refractivity contribution in [2.24, 2.45) is 11.3 Å². The molecule has 2 unspecified atom stereocenters. The number of benzene rings is 1. The van der Waals surface area contributed by atoms with Gasteiger partial charge in [0.25, 0.3) is 0 Å². The normalized spacial score (nSPS) is 15.5. The topological polar surface area (TPSA) is 20.2 Å². The molecule has 0 saturated heterocycles. The molecule has 0 radical (unpaired) electrons. The summed E-state index contributed by atoms with van der Waals surface area (Å²) in [4.78, 5) is 0. The molecule has 2 atom stereocenters.